The van der Waals surface area contributed by atoms with Gasteiger partial charge in [0.2, 0.25) is 0 Å². The van der Waals surface area contributed by atoms with Crippen molar-refractivity contribution in [1.29, 1.82) is 0 Å². The second kappa shape index (κ2) is 11.5. The molecule has 1 aliphatic rings. The maximum absolute atomic E-state index is 11.2. The maximum atomic E-state index is 11.2. The summed E-state index contributed by atoms with van der Waals surface area (Å²) >= 11 is 3.51. The van der Waals surface area contributed by atoms with Gasteiger partial charge in [-0.05, 0) is 50.5 Å². The van der Waals surface area contributed by atoms with Crippen LogP contribution < -0.4 is 0 Å². The highest BCUT2D eigenvalue weighted by Crippen LogP contribution is 2.21. The summed E-state index contributed by atoms with van der Waals surface area (Å²) in [4.78, 5) is 11.2. The number of terminal acetylenes is 1. The Balaban J connectivity index is 2.80. The van der Waals surface area contributed by atoms with Crippen LogP contribution in [0.5, 0.6) is 0 Å². The Kier molecular flexibility index (Phi) is 9.72. The summed E-state index contributed by atoms with van der Waals surface area (Å²) in [6.07, 6.45) is 19.7. The zero-order chi connectivity index (χ0) is 18.7. The molecule has 0 saturated heterocycles. The first-order chi connectivity index (χ1) is 12.0. The third kappa shape index (κ3) is 8.60. The van der Waals surface area contributed by atoms with Gasteiger partial charge in [-0.25, -0.2) is 0 Å². The molecule has 1 atom stereocenters. The summed E-state index contributed by atoms with van der Waals surface area (Å²) < 4.78 is 11.7. The number of halogens is 1. The number of allylic oxidation sites excluding steroid dienone is 7. The highest BCUT2D eigenvalue weighted by atomic mass is 79.9. The Morgan fingerprint density at radius 3 is 2.84 bits per heavy atom. The molecule has 0 aliphatic heterocycles. The molecule has 0 N–H and O–H groups in total. The zero-order valence-corrected chi connectivity index (χ0v) is 16.6. The Morgan fingerprint density at radius 1 is 1.44 bits per heavy atom. The number of methoxy groups -OCH3 is 1. The maximum Gasteiger partial charge on any atom is 0.305 e. The van der Waals surface area contributed by atoms with E-state index in [-0.39, 0.29) is 12.1 Å². The fourth-order valence-corrected chi connectivity index (χ4v) is 2.93. The van der Waals surface area contributed by atoms with Crippen LogP contribution in [-0.2, 0) is 14.3 Å². The molecule has 1 aliphatic carbocycles. The molecule has 0 spiro atoms. The van der Waals surface area contributed by atoms with Gasteiger partial charge in [-0.3, -0.25) is 4.79 Å². The summed E-state index contributed by atoms with van der Waals surface area (Å²) in [5.41, 5.74) is 2.32. The molecule has 0 heterocycles. The highest BCUT2D eigenvalue weighted by Gasteiger charge is 2.09. The molecule has 1 unspecified atom stereocenters. The fraction of sp³-hybridized carbons (Fsp3) is 0.381. The van der Waals surface area contributed by atoms with Gasteiger partial charge in [-0.1, -0.05) is 46.0 Å². The van der Waals surface area contributed by atoms with E-state index in [0.29, 0.717) is 12.2 Å². The first-order valence-corrected chi connectivity index (χ1v) is 9.10. The SMILES string of the molecule is C#C/C=C(\C=C(\CC)CCCC(=O)OC)OC1C=CC(C)=CC(Br)=C1. The molecule has 134 valence electrons. The average Bonchev–Trinajstić information content (AvgIpc) is 2.73. The summed E-state index contributed by atoms with van der Waals surface area (Å²) in [6, 6.07) is 0. The van der Waals surface area contributed by atoms with Gasteiger partial charge < -0.3 is 9.47 Å². The van der Waals surface area contributed by atoms with Crippen molar-refractivity contribution in [2.45, 2.75) is 45.6 Å². The van der Waals surface area contributed by atoms with E-state index in [1.165, 1.54) is 12.7 Å². The van der Waals surface area contributed by atoms with Crippen LogP contribution in [-0.4, -0.2) is 19.2 Å². The van der Waals surface area contributed by atoms with Crippen molar-refractivity contribution in [3.63, 3.8) is 0 Å². The smallest absolute Gasteiger partial charge is 0.305 e. The van der Waals surface area contributed by atoms with Gasteiger partial charge in [0.05, 0.1) is 7.11 Å². The molecule has 0 amide bonds. The van der Waals surface area contributed by atoms with Crippen molar-refractivity contribution in [1.82, 2.24) is 0 Å². The molecule has 4 heteroatoms. The third-order valence-corrected chi connectivity index (χ3v) is 4.14. The minimum Gasteiger partial charge on any atom is -0.482 e. The molecular formula is C21H25BrO3. The molecule has 0 aromatic heterocycles. The number of rotatable bonds is 8. The molecule has 25 heavy (non-hydrogen) atoms. The lowest BCUT2D eigenvalue weighted by Gasteiger charge is -2.14. The van der Waals surface area contributed by atoms with Crippen LogP contribution >= 0.6 is 15.9 Å². The van der Waals surface area contributed by atoms with Crippen LogP contribution in [0.4, 0.5) is 0 Å². The topological polar surface area (TPSA) is 35.5 Å². The zero-order valence-electron chi connectivity index (χ0n) is 15.0. The van der Waals surface area contributed by atoms with E-state index in [1.54, 1.807) is 6.08 Å². The third-order valence-electron chi connectivity index (χ3n) is 3.64. The number of carbonyl (C=O) groups excluding carboxylic acids is 1. The number of hydrogen-bond donors (Lipinski definition) is 0. The van der Waals surface area contributed by atoms with Crippen molar-refractivity contribution >= 4 is 21.9 Å². The van der Waals surface area contributed by atoms with Crippen molar-refractivity contribution in [2.24, 2.45) is 0 Å². The molecular weight excluding hydrogens is 380 g/mol. The van der Waals surface area contributed by atoms with E-state index < -0.39 is 0 Å². The number of ether oxygens (including phenoxy) is 2. The molecule has 0 radical (unpaired) electrons. The standard InChI is InChI=1S/C21H25BrO3/c1-5-8-19(14-17(6-2)9-7-10-21(23)24-4)25-20-12-11-16(3)13-18(22)15-20/h1,8,11-15,20H,6-7,9-10H2,2-4H3/b17-14-,19-8+. The van der Waals surface area contributed by atoms with E-state index in [0.717, 1.165) is 29.3 Å². The lowest BCUT2D eigenvalue weighted by molar-refractivity contribution is -0.140. The Hall–Kier alpha value is -1.99. The monoisotopic (exact) mass is 404 g/mol. The first-order valence-electron chi connectivity index (χ1n) is 8.31. The Morgan fingerprint density at radius 2 is 2.20 bits per heavy atom. The van der Waals surface area contributed by atoms with Crippen LogP contribution in [0.15, 0.2) is 57.8 Å². The summed E-state index contributed by atoms with van der Waals surface area (Å²) in [7, 11) is 1.41. The summed E-state index contributed by atoms with van der Waals surface area (Å²) in [6.45, 7) is 4.11. The van der Waals surface area contributed by atoms with Gasteiger partial charge in [0.1, 0.15) is 11.9 Å². The second-order valence-corrected chi connectivity index (χ2v) is 6.60. The van der Waals surface area contributed by atoms with Crippen LogP contribution in [0.25, 0.3) is 0 Å². The Bertz CT molecular complexity index is 657. The average molecular weight is 405 g/mol. The Labute approximate surface area is 159 Å². The summed E-state index contributed by atoms with van der Waals surface area (Å²) in [5.74, 6) is 2.99. The summed E-state index contributed by atoms with van der Waals surface area (Å²) in [5, 5.41) is 0. The lowest BCUT2D eigenvalue weighted by atomic mass is 10.1. The van der Waals surface area contributed by atoms with Crippen LogP contribution in [0, 0.1) is 12.3 Å². The molecule has 3 nitrogen and oxygen atoms in total. The number of carbonyl (C=O) groups is 1. The van der Waals surface area contributed by atoms with E-state index in [2.05, 4.69) is 33.5 Å². The van der Waals surface area contributed by atoms with Crippen molar-refractivity contribution < 1.29 is 14.3 Å². The number of esters is 1. The fourth-order valence-electron chi connectivity index (χ4n) is 2.31. The van der Waals surface area contributed by atoms with E-state index in [1.807, 2.05) is 37.3 Å². The molecule has 0 aromatic carbocycles. The normalized spacial score (nSPS) is 18.0. The van der Waals surface area contributed by atoms with Crippen LogP contribution in [0.3, 0.4) is 0 Å². The van der Waals surface area contributed by atoms with Crippen molar-refractivity contribution in [2.75, 3.05) is 7.11 Å². The highest BCUT2D eigenvalue weighted by molar-refractivity contribution is 9.11. The van der Waals surface area contributed by atoms with Gasteiger partial charge in [0, 0.05) is 17.0 Å². The van der Waals surface area contributed by atoms with E-state index in [9.17, 15) is 4.79 Å². The molecule has 0 saturated carbocycles. The van der Waals surface area contributed by atoms with Gasteiger partial charge in [0.15, 0.2) is 0 Å². The molecule has 1 rings (SSSR count). The van der Waals surface area contributed by atoms with Gasteiger partial charge in [0.25, 0.3) is 0 Å². The predicted octanol–water partition coefficient (Wildman–Crippen LogP) is 5.36. The molecule has 0 bridgehead atoms. The molecule has 0 aromatic rings. The van der Waals surface area contributed by atoms with E-state index in [4.69, 9.17) is 11.2 Å². The van der Waals surface area contributed by atoms with Gasteiger partial charge in [-0.2, -0.15) is 0 Å². The van der Waals surface area contributed by atoms with Crippen molar-refractivity contribution in [3.8, 4) is 12.3 Å². The van der Waals surface area contributed by atoms with Crippen LogP contribution in [0.1, 0.15) is 39.5 Å². The van der Waals surface area contributed by atoms with Crippen molar-refractivity contribution in [3.05, 3.63) is 57.8 Å². The molecule has 0 fully saturated rings. The minimum absolute atomic E-state index is 0.187. The quantitative estimate of drug-likeness (QED) is 0.236. The van der Waals surface area contributed by atoms with E-state index >= 15 is 0 Å². The van der Waals surface area contributed by atoms with Gasteiger partial charge in [-0.15, -0.1) is 6.42 Å². The predicted molar refractivity (Wildman–Crippen MR) is 106 cm³/mol. The largest absolute Gasteiger partial charge is 0.482 e. The van der Waals surface area contributed by atoms with Crippen LogP contribution in [0.2, 0.25) is 0 Å². The first kappa shape index (κ1) is 21.1. The lowest BCUT2D eigenvalue weighted by Crippen LogP contribution is -2.06. The second-order valence-electron chi connectivity index (χ2n) is 5.68. The number of hydrogen-bond acceptors (Lipinski definition) is 3. The van der Waals surface area contributed by atoms with Gasteiger partial charge >= 0.3 is 5.97 Å². The minimum atomic E-state index is -0.202.